The standard InChI is InChI=1S/C37H52N6O7.C22H36N4O4.CH2O2/c1-36(2,3)26(19-43-32(47)23-14-7-8-15-24(23)33(43)48)40-35(50)41-29(37(4,5)6)34(49)42-18-21-13-10-16-22(21)27(42)31(46)39-25(28(44)30(38)45)17-20-11-9-12-20;1-22(2,3)18(23)21(30)26-11-13-8-5-9-14(13)16(26)20(29)25-15(17(27)19(24)28)10-12-6-4-7-12;2-1-3/h7-8,14-15,20-22,25-27,29H,9-13,16-19H2,1-6H3,(H2,38,45)(H,39,46)(H2,40,41,50);12-16,18H,4-11,23H2,1-3H3,(H2,24,28)(H,25,29);1H,(H,2,3)/t21-,22-,25?,26+,27-,29+;13-,14-,15?,16-,18+;/m00./s1. The van der Waals surface area contributed by atoms with Gasteiger partial charge in [-0.3, -0.25) is 52.8 Å². The number of carbonyl (C=O) groups is 12. The summed E-state index contributed by atoms with van der Waals surface area (Å²) in [5.41, 5.74) is 13.6. The third kappa shape index (κ3) is 15.3. The molecule has 2 saturated heterocycles. The maximum absolute atomic E-state index is 14.5. The Labute approximate surface area is 486 Å². The van der Waals surface area contributed by atoms with Gasteiger partial charge in [0.1, 0.15) is 18.1 Å². The van der Waals surface area contributed by atoms with Crippen molar-refractivity contribution in [2.75, 3.05) is 19.6 Å². The number of urea groups is 1. The van der Waals surface area contributed by atoms with Crippen molar-refractivity contribution in [3.05, 3.63) is 35.4 Å². The van der Waals surface area contributed by atoms with E-state index in [-0.39, 0.29) is 47.4 Å². The Morgan fingerprint density at radius 3 is 1.35 bits per heavy atom. The molecule has 23 nitrogen and oxygen atoms in total. The van der Waals surface area contributed by atoms with Crippen LogP contribution in [0.4, 0.5) is 4.79 Å². The zero-order chi connectivity index (χ0) is 61.6. The van der Waals surface area contributed by atoms with Gasteiger partial charge in [0.25, 0.3) is 29.5 Å². The predicted octanol–water partition coefficient (Wildman–Crippen LogP) is 1.13. The van der Waals surface area contributed by atoms with Gasteiger partial charge in [-0.15, -0.1) is 0 Å². The summed E-state index contributed by atoms with van der Waals surface area (Å²) in [4.78, 5) is 156. The Balaban J connectivity index is 0.000000285. The van der Waals surface area contributed by atoms with E-state index in [1.807, 2.05) is 62.3 Å². The number of carbonyl (C=O) groups excluding carboxylic acids is 12. The Kier molecular flexibility index (Phi) is 21.2. The smallest absolute Gasteiger partial charge is 0.315 e. The number of benzene rings is 1. The van der Waals surface area contributed by atoms with E-state index in [0.717, 1.165) is 81.9 Å². The number of rotatable bonds is 18. The first-order chi connectivity index (χ1) is 38.8. The third-order valence-electron chi connectivity index (χ3n) is 18.5. The number of nitrogens with two attached hydrogens (primary N) is 2. The average molecular weight is 1160 g/mol. The molecule has 1 aromatic rings. The minimum absolute atomic E-state index is 0.0683. The van der Waals surface area contributed by atoms with Crippen molar-refractivity contribution >= 4 is 71.3 Å². The van der Waals surface area contributed by atoms with E-state index in [1.54, 1.807) is 29.2 Å². The summed E-state index contributed by atoms with van der Waals surface area (Å²) in [6.45, 7) is 17.3. The van der Waals surface area contributed by atoms with Crippen LogP contribution < -0.4 is 43.6 Å². The average Bonchev–Trinajstić information content (AvgIpc) is 4.44. The van der Waals surface area contributed by atoms with Crippen LogP contribution in [0, 0.1) is 51.8 Å². The topological polar surface area (TPSA) is 365 Å². The van der Waals surface area contributed by atoms with Crippen LogP contribution in [0.25, 0.3) is 0 Å². The summed E-state index contributed by atoms with van der Waals surface area (Å²) in [6, 6.07) is 0.323. The first-order valence-electron chi connectivity index (χ1n) is 29.6. The fourth-order valence-electron chi connectivity index (χ4n) is 13.0. The SMILES string of the molecule is CC(C)(C)[C@H](NC(=O)N[C@H](CN1C(=O)c2ccccc2C1=O)C(C)(C)C)C(=O)N1C[C@@H]2CCC[C@@H]2[C@H]1C(=O)NC(CC1CCC1)C(=O)C(N)=O.CC(C)(C)[C@H]([NH3+])C(=O)N1C[C@@H]2CCC[C@@H]2[C@H]1C(=O)NC(CC1CCC1)C(=O)C(N)=O.O=C[O-]. The van der Waals surface area contributed by atoms with Gasteiger partial charge in [0, 0.05) is 25.0 Å². The summed E-state index contributed by atoms with van der Waals surface area (Å²) >= 11 is 0. The molecule has 3 aliphatic heterocycles. The zero-order valence-electron chi connectivity index (χ0n) is 49.9. The molecular formula is C60H90N10O13. The van der Waals surface area contributed by atoms with Crippen LogP contribution in [0.5, 0.6) is 0 Å². The second kappa shape index (κ2) is 26.9. The van der Waals surface area contributed by atoms with Crippen LogP contribution >= 0.6 is 0 Å². The molecule has 6 fully saturated rings. The Hall–Kier alpha value is -6.78. The number of primary amides is 2. The second-order valence-electron chi connectivity index (χ2n) is 27.3. The summed E-state index contributed by atoms with van der Waals surface area (Å²) in [5.74, 6) is -5.05. The van der Waals surface area contributed by atoms with Crippen molar-refractivity contribution in [2.24, 2.45) is 63.2 Å². The van der Waals surface area contributed by atoms with E-state index < -0.39 is 113 Å². The zero-order valence-corrected chi connectivity index (χ0v) is 49.9. The minimum Gasteiger partial charge on any atom is -0.554 e. The van der Waals surface area contributed by atoms with E-state index in [0.29, 0.717) is 48.9 Å². The van der Waals surface area contributed by atoms with Crippen molar-refractivity contribution < 1.29 is 68.4 Å². The number of quaternary nitrogens is 1. The van der Waals surface area contributed by atoms with E-state index in [4.69, 9.17) is 21.4 Å². The number of amides is 10. The lowest BCUT2D eigenvalue weighted by Gasteiger charge is -2.38. The molecule has 0 aromatic heterocycles. The van der Waals surface area contributed by atoms with Gasteiger partial charge in [-0.05, 0) is 97.0 Å². The van der Waals surface area contributed by atoms with Crippen molar-refractivity contribution in [1.29, 1.82) is 0 Å². The molecule has 23 heteroatoms. The van der Waals surface area contributed by atoms with Crippen molar-refractivity contribution in [1.82, 2.24) is 36.0 Å². The van der Waals surface area contributed by atoms with Crippen LogP contribution in [0.1, 0.15) is 173 Å². The van der Waals surface area contributed by atoms with Gasteiger partial charge in [0.2, 0.25) is 29.3 Å². The second-order valence-corrected chi connectivity index (χ2v) is 27.3. The number of fused-ring (bicyclic) bond motifs is 3. The quantitative estimate of drug-likeness (QED) is 0.0617. The van der Waals surface area contributed by atoms with Crippen LogP contribution in [0.15, 0.2) is 24.3 Å². The number of hydrogen-bond acceptors (Lipinski definition) is 13. The fourth-order valence-corrected chi connectivity index (χ4v) is 13.0. The maximum Gasteiger partial charge on any atom is 0.315 e. The molecule has 0 spiro atoms. The Bertz CT molecular complexity index is 2620. The van der Waals surface area contributed by atoms with Gasteiger partial charge in [0.15, 0.2) is 6.04 Å². The summed E-state index contributed by atoms with van der Waals surface area (Å²) < 4.78 is 0. The van der Waals surface area contributed by atoms with Gasteiger partial charge < -0.3 is 58.2 Å². The van der Waals surface area contributed by atoms with Crippen molar-refractivity contribution in [3.63, 3.8) is 0 Å². The summed E-state index contributed by atoms with van der Waals surface area (Å²) in [5, 5.41) is 19.7. The monoisotopic (exact) mass is 1160 g/mol. The first kappa shape index (κ1) is 65.4. The fraction of sp³-hybridized carbons (Fsp3) is 0.700. The molecule has 83 heavy (non-hydrogen) atoms. The number of imide groups is 1. The largest absolute Gasteiger partial charge is 0.554 e. The van der Waals surface area contributed by atoms with E-state index in [1.165, 1.54) is 4.90 Å². The first-order valence-corrected chi connectivity index (χ1v) is 29.6. The molecule has 1 aromatic carbocycles. The van der Waals surface area contributed by atoms with Crippen molar-refractivity contribution in [2.45, 2.75) is 194 Å². The van der Waals surface area contributed by atoms with Gasteiger partial charge >= 0.3 is 6.03 Å². The van der Waals surface area contributed by atoms with Crippen LogP contribution in [-0.2, 0) is 43.2 Å². The lowest BCUT2D eigenvalue weighted by Crippen LogP contribution is -2.73. The molecule has 0 radical (unpaired) electrons. The number of ketones is 2. The van der Waals surface area contributed by atoms with Crippen molar-refractivity contribution in [3.8, 4) is 0 Å². The molecule has 2 unspecified atom stereocenters. The van der Waals surface area contributed by atoms with E-state index in [2.05, 4.69) is 27.0 Å². The van der Waals surface area contributed by atoms with E-state index >= 15 is 0 Å². The molecule has 3 heterocycles. The normalized spacial score (nSPS) is 24.7. The number of nitrogens with one attached hydrogen (secondary N) is 4. The number of Topliss-reactive ketones (excluding diaryl/α,β-unsaturated/α-hetero) is 2. The van der Waals surface area contributed by atoms with Crippen LogP contribution in [-0.4, -0.2) is 148 Å². The molecule has 11 atom stereocenters. The van der Waals surface area contributed by atoms with Gasteiger partial charge in [0.05, 0.1) is 35.8 Å². The highest BCUT2D eigenvalue weighted by Gasteiger charge is 2.54. The van der Waals surface area contributed by atoms with E-state index in [9.17, 15) is 52.7 Å². The molecule has 10 amide bonds. The molecule has 8 rings (SSSR count). The molecule has 458 valence electrons. The molecule has 7 aliphatic rings. The third-order valence-corrected chi connectivity index (χ3v) is 18.5. The number of carboxylic acid groups (broad SMARTS) is 1. The number of nitrogens with zero attached hydrogens (tertiary/aromatic N) is 3. The molecule has 0 bridgehead atoms. The number of hydrogen-bond donors (Lipinski definition) is 7. The lowest BCUT2D eigenvalue weighted by molar-refractivity contribution is -0.428. The molecule has 4 saturated carbocycles. The summed E-state index contributed by atoms with van der Waals surface area (Å²) in [7, 11) is 0. The Morgan fingerprint density at radius 1 is 0.602 bits per heavy atom. The highest BCUT2D eigenvalue weighted by atomic mass is 16.3. The van der Waals surface area contributed by atoms with Crippen LogP contribution in [0.2, 0.25) is 0 Å². The molecule has 4 aliphatic carbocycles. The van der Waals surface area contributed by atoms with Gasteiger partial charge in [-0.25, -0.2) is 4.79 Å². The predicted molar refractivity (Wildman–Crippen MR) is 301 cm³/mol. The highest BCUT2D eigenvalue weighted by Crippen LogP contribution is 2.45. The summed E-state index contributed by atoms with van der Waals surface area (Å²) in [6.07, 6.45) is 12.1. The minimum atomic E-state index is -1.10. The highest BCUT2D eigenvalue weighted by molar-refractivity contribution is 6.38. The number of likely N-dealkylation sites (tertiary alicyclic amines) is 2. The lowest BCUT2D eigenvalue weighted by atomic mass is 9.80. The molecule has 11 N–H and O–H groups in total. The van der Waals surface area contributed by atoms with Crippen LogP contribution in [0.3, 0.4) is 0 Å². The van der Waals surface area contributed by atoms with Gasteiger partial charge in [-0.1, -0.05) is 126 Å². The maximum atomic E-state index is 14.5. The molecular weight excluding hydrogens is 1070 g/mol. The Morgan fingerprint density at radius 2 is 1.00 bits per heavy atom. The van der Waals surface area contributed by atoms with Gasteiger partial charge in [-0.2, -0.15) is 0 Å².